The Morgan fingerprint density at radius 1 is 1.18 bits per heavy atom. The maximum Gasteiger partial charge on any atom is 0.343 e. The summed E-state index contributed by atoms with van der Waals surface area (Å²) in [6, 6.07) is 6.96. The summed E-state index contributed by atoms with van der Waals surface area (Å²) in [4.78, 5) is 17.0. The molecule has 1 aliphatic rings. The molecule has 1 aliphatic carbocycles. The first kappa shape index (κ1) is 24.5. The summed E-state index contributed by atoms with van der Waals surface area (Å²) in [5.41, 5.74) is 3.05. The second-order valence-corrected chi connectivity index (χ2v) is 11.6. The molecule has 0 aliphatic heterocycles. The van der Waals surface area contributed by atoms with Crippen molar-refractivity contribution < 1.29 is 17.9 Å². The molecular weight excluding hydrogens is 472 g/mol. The molecule has 0 fully saturated rings. The highest BCUT2D eigenvalue weighted by Crippen LogP contribution is 2.39. The standard InChI is InChI=1S/C25H30N2O5S2/c1-16(2)12-20(23-24(28)19-10-5-3-4-6-11-21(19)32-25(23)29)17-8-7-9-18(13-17)27-34(30,31)22-14-33-15-26-22/h7-9,13-16,20,27-28H,3-6,10-12H2,1-2H3. The molecule has 182 valence electrons. The van der Waals surface area contributed by atoms with Crippen LogP contribution in [0.25, 0.3) is 0 Å². The van der Waals surface area contributed by atoms with Gasteiger partial charge in [-0.15, -0.1) is 11.3 Å². The first-order valence-electron chi connectivity index (χ1n) is 11.6. The lowest BCUT2D eigenvalue weighted by Gasteiger charge is -2.23. The number of nitrogens with one attached hydrogen (secondary N) is 1. The van der Waals surface area contributed by atoms with Crippen LogP contribution >= 0.6 is 11.3 Å². The zero-order valence-corrected chi connectivity index (χ0v) is 21.0. The third-order valence-corrected chi connectivity index (χ3v) is 8.19. The Morgan fingerprint density at radius 3 is 2.65 bits per heavy atom. The van der Waals surface area contributed by atoms with E-state index in [0.29, 0.717) is 30.7 Å². The van der Waals surface area contributed by atoms with Crippen molar-refractivity contribution in [3.63, 3.8) is 0 Å². The number of aromatic nitrogens is 1. The molecule has 0 bridgehead atoms. The summed E-state index contributed by atoms with van der Waals surface area (Å²) < 4.78 is 33.6. The largest absolute Gasteiger partial charge is 0.507 e. The first-order chi connectivity index (χ1) is 16.3. The van der Waals surface area contributed by atoms with Crippen LogP contribution in [0.5, 0.6) is 5.75 Å². The van der Waals surface area contributed by atoms with Crippen molar-refractivity contribution in [3.05, 3.63) is 68.0 Å². The van der Waals surface area contributed by atoms with Gasteiger partial charge in [-0.25, -0.2) is 9.78 Å². The first-order valence-corrected chi connectivity index (χ1v) is 14.1. The predicted molar refractivity (Wildman–Crippen MR) is 133 cm³/mol. The molecule has 1 atom stereocenters. The lowest BCUT2D eigenvalue weighted by atomic mass is 9.83. The van der Waals surface area contributed by atoms with Crippen molar-refractivity contribution in [2.75, 3.05) is 4.72 Å². The van der Waals surface area contributed by atoms with Gasteiger partial charge < -0.3 is 9.52 Å². The summed E-state index contributed by atoms with van der Waals surface area (Å²) >= 11 is 1.20. The average Bonchev–Trinajstić information content (AvgIpc) is 3.30. The van der Waals surface area contributed by atoms with Gasteiger partial charge in [-0.3, -0.25) is 4.72 Å². The number of benzene rings is 1. The van der Waals surface area contributed by atoms with E-state index in [2.05, 4.69) is 9.71 Å². The van der Waals surface area contributed by atoms with E-state index in [9.17, 15) is 18.3 Å². The van der Waals surface area contributed by atoms with Gasteiger partial charge in [0, 0.05) is 29.0 Å². The molecule has 0 spiro atoms. The molecule has 2 aromatic heterocycles. The molecule has 0 saturated carbocycles. The molecule has 0 radical (unpaired) electrons. The lowest BCUT2D eigenvalue weighted by molar-refractivity contribution is 0.379. The summed E-state index contributed by atoms with van der Waals surface area (Å²) in [6.07, 6.45) is 5.98. The Bertz CT molecular complexity index is 1300. The Labute approximate surface area is 203 Å². The number of sulfonamides is 1. The molecule has 9 heteroatoms. The van der Waals surface area contributed by atoms with Crippen molar-refractivity contribution in [1.29, 1.82) is 0 Å². The van der Waals surface area contributed by atoms with Crippen molar-refractivity contribution in [2.24, 2.45) is 5.92 Å². The van der Waals surface area contributed by atoms with Gasteiger partial charge in [0.2, 0.25) is 0 Å². The highest BCUT2D eigenvalue weighted by Gasteiger charge is 2.28. The molecule has 7 nitrogen and oxygen atoms in total. The van der Waals surface area contributed by atoms with E-state index in [1.807, 2.05) is 19.9 Å². The van der Waals surface area contributed by atoms with Crippen LogP contribution in [0.15, 0.2) is 49.4 Å². The van der Waals surface area contributed by atoms with Crippen LogP contribution in [-0.2, 0) is 22.9 Å². The number of thiazole rings is 1. The molecule has 0 amide bonds. The maximum absolute atomic E-state index is 13.1. The second-order valence-electron chi connectivity index (χ2n) is 9.21. The second kappa shape index (κ2) is 10.3. The minimum absolute atomic E-state index is 0.0345. The average molecular weight is 503 g/mol. The van der Waals surface area contributed by atoms with Crippen molar-refractivity contribution in [2.45, 2.75) is 69.7 Å². The minimum Gasteiger partial charge on any atom is -0.507 e. The Morgan fingerprint density at radius 2 is 1.94 bits per heavy atom. The van der Waals surface area contributed by atoms with Crippen molar-refractivity contribution >= 4 is 27.0 Å². The summed E-state index contributed by atoms with van der Waals surface area (Å²) in [6.45, 7) is 4.10. The third-order valence-electron chi connectivity index (χ3n) is 6.18. The Balaban J connectivity index is 1.76. The smallest absolute Gasteiger partial charge is 0.343 e. The SMILES string of the molecule is CC(C)CC(c1cccc(NS(=O)(=O)c2cscn2)c1)c1c(O)c2c(oc1=O)CCCCCC2. The van der Waals surface area contributed by atoms with E-state index in [-0.39, 0.29) is 22.3 Å². The van der Waals surface area contributed by atoms with Crippen LogP contribution in [0, 0.1) is 5.92 Å². The highest BCUT2D eigenvalue weighted by molar-refractivity contribution is 7.92. The molecule has 34 heavy (non-hydrogen) atoms. The van der Waals surface area contributed by atoms with E-state index in [4.69, 9.17) is 4.42 Å². The van der Waals surface area contributed by atoms with Crippen molar-refractivity contribution in [3.8, 4) is 5.75 Å². The van der Waals surface area contributed by atoms with Gasteiger partial charge in [-0.05, 0) is 49.3 Å². The van der Waals surface area contributed by atoms with Crippen LogP contribution in [0.3, 0.4) is 0 Å². The van der Waals surface area contributed by atoms with E-state index in [0.717, 1.165) is 36.8 Å². The van der Waals surface area contributed by atoms with Gasteiger partial charge in [0.05, 0.1) is 11.1 Å². The van der Waals surface area contributed by atoms with Gasteiger partial charge in [-0.1, -0.05) is 38.8 Å². The number of nitrogens with zero attached hydrogens (tertiary/aromatic N) is 1. The van der Waals surface area contributed by atoms with E-state index in [1.165, 1.54) is 22.2 Å². The van der Waals surface area contributed by atoms with E-state index >= 15 is 0 Å². The van der Waals surface area contributed by atoms with Crippen LogP contribution in [0.4, 0.5) is 5.69 Å². The van der Waals surface area contributed by atoms with Crippen LogP contribution in [0.1, 0.15) is 74.3 Å². The van der Waals surface area contributed by atoms with E-state index in [1.54, 1.807) is 18.2 Å². The monoisotopic (exact) mass is 502 g/mol. The highest BCUT2D eigenvalue weighted by atomic mass is 32.2. The maximum atomic E-state index is 13.1. The molecule has 0 saturated heterocycles. The zero-order valence-electron chi connectivity index (χ0n) is 19.4. The number of anilines is 1. The van der Waals surface area contributed by atoms with Crippen LogP contribution in [0.2, 0.25) is 0 Å². The van der Waals surface area contributed by atoms with Gasteiger partial charge in [0.25, 0.3) is 10.0 Å². The number of aryl methyl sites for hydroxylation is 1. The normalized spacial score (nSPS) is 15.4. The molecular formula is C25H30N2O5S2. The van der Waals surface area contributed by atoms with Crippen molar-refractivity contribution in [1.82, 2.24) is 4.98 Å². The van der Waals surface area contributed by atoms with Gasteiger partial charge in [0.15, 0.2) is 5.03 Å². The summed E-state index contributed by atoms with van der Waals surface area (Å²) in [5, 5.41) is 12.7. The van der Waals surface area contributed by atoms with Gasteiger partial charge in [0.1, 0.15) is 11.5 Å². The zero-order chi connectivity index (χ0) is 24.3. The summed E-state index contributed by atoms with van der Waals surface area (Å²) in [7, 11) is -3.82. The number of rotatable bonds is 7. The van der Waals surface area contributed by atoms with Gasteiger partial charge in [-0.2, -0.15) is 8.42 Å². The number of aromatic hydroxyl groups is 1. The number of hydrogen-bond donors (Lipinski definition) is 2. The Kier molecular flexibility index (Phi) is 7.42. The quantitative estimate of drug-likeness (QED) is 0.445. The summed E-state index contributed by atoms with van der Waals surface area (Å²) in [5.74, 6) is 0.420. The fourth-order valence-electron chi connectivity index (χ4n) is 4.58. The molecule has 4 rings (SSSR count). The minimum atomic E-state index is -3.82. The predicted octanol–water partition coefficient (Wildman–Crippen LogP) is 5.44. The fourth-order valence-corrected chi connectivity index (χ4v) is 6.47. The topological polar surface area (TPSA) is 110 Å². The Hall–Kier alpha value is -2.65. The van der Waals surface area contributed by atoms with Gasteiger partial charge >= 0.3 is 5.63 Å². The third kappa shape index (κ3) is 5.36. The molecule has 2 heterocycles. The molecule has 2 N–H and O–H groups in total. The lowest BCUT2D eigenvalue weighted by Crippen LogP contribution is -2.19. The molecule has 3 aromatic rings. The fraction of sp³-hybridized carbons (Fsp3) is 0.440. The van der Waals surface area contributed by atoms with Crippen LogP contribution in [-0.4, -0.2) is 18.5 Å². The number of hydrogen-bond acceptors (Lipinski definition) is 7. The van der Waals surface area contributed by atoms with E-state index < -0.39 is 21.6 Å². The molecule has 1 aromatic carbocycles. The van der Waals surface area contributed by atoms with Crippen LogP contribution < -0.4 is 10.3 Å². The number of fused-ring (bicyclic) bond motifs is 1. The molecule has 1 unspecified atom stereocenters.